The number of carbonyl (C=O) groups is 5. The van der Waals surface area contributed by atoms with Gasteiger partial charge in [0.05, 0.1) is 45.7 Å². The number of amides is 5. The zero-order chi connectivity index (χ0) is 72.5. The summed E-state index contributed by atoms with van der Waals surface area (Å²) in [5.41, 5.74) is 0.0482. The Labute approximate surface area is 571 Å². The Balaban J connectivity index is 1.07. The molecule has 0 aliphatic carbocycles. The van der Waals surface area contributed by atoms with Crippen LogP contribution in [0, 0.1) is 0 Å². The molecule has 6 saturated heterocycles. The van der Waals surface area contributed by atoms with Crippen molar-refractivity contribution in [3.05, 3.63) is 42.0 Å². The minimum absolute atomic E-state index is 0.0482. The average Bonchev–Trinajstić information content (AvgIpc) is 0.771. The van der Waals surface area contributed by atoms with Crippen molar-refractivity contribution in [1.29, 1.82) is 0 Å². The van der Waals surface area contributed by atoms with Gasteiger partial charge in [-0.1, -0.05) is 44.4 Å². The van der Waals surface area contributed by atoms with Crippen LogP contribution in [0.4, 0.5) is 0 Å². The third-order valence-corrected chi connectivity index (χ3v) is 17.8. The molecule has 0 bridgehead atoms. The zero-order valence-electron chi connectivity index (χ0n) is 56.1. The highest BCUT2D eigenvalue weighted by molar-refractivity contribution is 5.94. The normalized spacial score (nSPS) is 39.6. The summed E-state index contributed by atoms with van der Waals surface area (Å²) in [4.78, 5) is 65.1. The van der Waals surface area contributed by atoms with Gasteiger partial charge in [-0.2, -0.15) is 0 Å². The van der Waals surface area contributed by atoms with Gasteiger partial charge >= 0.3 is 0 Å². The number of nitrogens with one attached hydrogen (secondary N) is 5. The zero-order valence-corrected chi connectivity index (χ0v) is 56.1. The number of hydrogen-bond acceptors (Lipinski definition) is 31. The number of unbranched alkanes of at least 4 members (excludes halogenated alkanes) is 5. The highest BCUT2D eigenvalue weighted by Crippen LogP contribution is 2.37. The molecule has 1 aromatic rings. The molecule has 6 heterocycles. The number of aliphatic hydroxyl groups is 13. The third-order valence-electron chi connectivity index (χ3n) is 17.8. The summed E-state index contributed by atoms with van der Waals surface area (Å²) in [5.74, 6) is -3.67. The number of ether oxygens (including phenoxy) is 13. The summed E-state index contributed by atoms with van der Waals surface area (Å²) >= 11 is 0. The van der Waals surface area contributed by atoms with E-state index in [4.69, 9.17) is 61.6 Å². The van der Waals surface area contributed by atoms with E-state index in [0.29, 0.717) is 18.8 Å². The number of aliphatic hydroxyl groups excluding tert-OH is 13. The number of benzene rings is 1. The average molecular weight is 1420 g/mol. The Morgan fingerprint density at radius 3 is 1.35 bits per heavy atom. The van der Waals surface area contributed by atoms with E-state index >= 15 is 0 Å². The lowest BCUT2D eigenvalue weighted by Crippen LogP contribution is -2.72. The maximum absolute atomic E-state index is 14.0. The van der Waals surface area contributed by atoms with Crippen LogP contribution < -0.4 is 31.3 Å². The summed E-state index contributed by atoms with van der Waals surface area (Å²) in [7, 11) is 1.21. The minimum Gasteiger partial charge on any atom is -0.494 e. The van der Waals surface area contributed by atoms with Gasteiger partial charge in [0.25, 0.3) is 5.91 Å². The molecule has 1 aromatic carbocycles. The third kappa shape index (κ3) is 20.9. The van der Waals surface area contributed by atoms with Crippen LogP contribution >= 0.6 is 0 Å². The molecule has 7 rings (SSSR count). The molecule has 0 radical (unpaired) electrons. The van der Waals surface area contributed by atoms with Gasteiger partial charge in [-0.25, -0.2) is 0 Å². The van der Waals surface area contributed by atoms with Gasteiger partial charge in [0.2, 0.25) is 23.6 Å². The lowest BCUT2D eigenvalue weighted by atomic mass is 9.93. The van der Waals surface area contributed by atoms with E-state index in [2.05, 4.69) is 45.7 Å². The molecule has 18 unspecified atom stereocenters. The van der Waals surface area contributed by atoms with Crippen molar-refractivity contribution in [2.75, 3.05) is 46.8 Å². The largest absolute Gasteiger partial charge is 0.494 e. The second-order valence-electron chi connectivity index (χ2n) is 25.3. The monoisotopic (exact) mass is 1420 g/mol. The number of carbonyl (C=O) groups excluding carboxylic acids is 5. The minimum atomic E-state index is -2.07. The van der Waals surface area contributed by atoms with Crippen molar-refractivity contribution in [1.82, 2.24) is 26.6 Å². The second kappa shape index (κ2) is 38.6. The van der Waals surface area contributed by atoms with Crippen molar-refractivity contribution < 1.29 is 152 Å². The van der Waals surface area contributed by atoms with E-state index in [0.717, 1.165) is 53.4 Å². The van der Waals surface area contributed by atoms with Crippen LogP contribution in [0.3, 0.4) is 0 Å². The predicted octanol–water partition coefficient (Wildman–Crippen LogP) is -6.72. The smallest absolute Gasteiger partial charge is 0.251 e. The van der Waals surface area contributed by atoms with E-state index in [1.165, 1.54) is 39.0 Å². The molecule has 0 spiro atoms. The Kier molecular flexibility index (Phi) is 31.7. The first-order chi connectivity index (χ1) is 47.2. The van der Waals surface area contributed by atoms with Gasteiger partial charge < -0.3 is 155 Å². The molecule has 36 nitrogen and oxygen atoms in total. The van der Waals surface area contributed by atoms with Gasteiger partial charge in [-0.3, -0.25) is 24.0 Å². The lowest BCUT2D eigenvalue weighted by molar-refractivity contribution is -0.368. The summed E-state index contributed by atoms with van der Waals surface area (Å²) < 4.78 is 77.9. The second-order valence-corrected chi connectivity index (χ2v) is 25.3. The Morgan fingerprint density at radius 2 is 0.899 bits per heavy atom. The number of rotatable bonds is 32. The van der Waals surface area contributed by atoms with Crippen LogP contribution in [-0.2, 0) is 76.0 Å². The fourth-order valence-electron chi connectivity index (χ4n) is 12.7. The van der Waals surface area contributed by atoms with E-state index in [9.17, 15) is 90.4 Å². The quantitative estimate of drug-likeness (QED) is 0.0235. The van der Waals surface area contributed by atoms with Crippen molar-refractivity contribution in [3.63, 3.8) is 0 Å². The van der Waals surface area contributed by atoms with Crippen LogP contribution in [0.5, 0.6) is 5.75 Å². The van der Waals surface area contributed by atoms with Crippen molar-refractivity contribution in [2.45, 2.75) is 270 Å². The molecule has 6 fully saturated rings. The van der Waals surface area contributed by atoms with Crippen LogP contribution in [0.2, 0.25) is 0 Å². The molecular weight excluding hydrogens is 1320 g/mol. The summed E-state index contributed by atoms with van der Waals surface area (Å²) in [6.45, 7) is 3.52. The first kappa shape index (κ1) is 81.4. The molecule has 0 aromatic heterocycles. The molecule has 36 heteroatoms. The maximum Gasteiger partial charge on any atom is 0.251 e. The Bertz CT molecular complexity index is 2730. The molecule has 564 valence electrons. The standard InChI is InChI=1S/C63H101N5O31/c1-8-9-10-11-12-13-14-15-16-20-88-33-19-17-18-32(21-33)57(85)68-40-46(79)45(78)34(22-69)92-59(40)96-52-35(23-70)93-60(41(48(52)81)65-29(4)74)97-53-36(24-71)94-61(42(49(53)82)66-30(5)75)98-54-37(25-72)95-62(43(50(54)83)67-31(6)76)99-55-38(91-58(86)39(47(55)80)64-28(3)73)26-89-63-56(87-7)51(84)44(77)27(2)90-63/h13-14,17-19,21,27,34-56,58-63,69-72,77-84,86H,8-12,15-16,20,22-26H2,1-7H3,(H,64,73)(H,65,74)(H,66,75)(H,67,76)(H,68,85)/b14-13-/t27?,34?,35-,36?,37-,38?,39-,40-,41?,42?,43?,44?,45+,46-,47?,48?,49-,50?,51-,52-,53?,54-,55?,56+,58?,59?,60?,61?,62?,63+/m1/s1. The molecule has 0 saturated carbocycles. The van der Waals surface area contributed by atoms with E-state index < -0.39 is 246 Å². The highest BCUT2D eigenvalue weighted by atomic mass is 16.8. The fourth-order valence-corrected chi connectivity index (χ4v) is 12.7. The fraction of sp³-hybridized carbons (Fsp3) is 0.794. The molecule has 18 N–H and O–H groups in total. The van der Waals surface area contributed by atoms with Crippen molar-refractivity contribution in [2.24, 2.45) is 0 Å². The van der Waals surface area contributed by atoms with Crippen molar-refractivity contribution in [3.8, 4) is 5.75 Å². The molecule has 99 heavy (non-hydrogen) atoms. The van der Waals surface area contributed by atoms with E-state index in [1.807, 2.05) is 0 Å². The summed E-state index contributed by atoms with van der Waals surface area (Å²) in [5, 5.41) is 158. The van der Waals surface area contributed by atoms with Crippen LogP contribution in [0.25, 0.3) is 0 Å². The number of allylic oxidation sites excluding steroid dienone is 2. The van der Waals surface area contributed by atoms with E-state index in [-0.39, 0.29) is 5.56 Å². The van der Waals surface area contributed by atoms with Crippen molar-refractivity contribution >= 4 is 29.5 Å². The number of methoxy groups -OCH3 is 1. The molecule has 5 amide bonds. The van der Waals surface area contributed by atoms with Crippen LogP contribution in [0.1, 0.15) is 96.8 Å². The molecule has 6 aliphatic heterocycles. The van der Waals surface area contributed by atoms with Gasteiger partial charge in [-0.05, 0) is 50.8 Å². The first-order valence-corrected chi connectivity index (χ1v) is 33.2. The molecule has 30 atom stereocenters. The summed E-state index contributed by atoms with van der Waals surface area (Å²) in [6.07, 6.45) is -32.0. The highest BCUT2D eigenvalue weighted by Gasteiger charge is 2.58. The predicted molar refractivity (Wildman–Crippen MR) is 333 cm³/mol. The van der Waals surface area contributed by atoms with Gasteiger partial charge in [0.1, 0.15) is 146 Å². The molecular formula is C63H101N5O31. The lowest BCUT2D eigenvalue weighted by Gasteiger charge is -2.51. The van der Waals surface area contributed by atoms with Gasteiger partial charge in [-0.15, -0.1) is 0 Å². The maximum atomic E-state index is 14.0. The van der Waals surface area contributed by atoms with Gasteiger partial charge in [0, 0.05) is 40.4 Å². The summed E-state index contributed by atoms with van der Waals surface area (Å²) in [6, 6.07) is -2.45. The molecule has 6 aliphatic rings. The Morgan fingerprint density at radius 1 is 0.465 bits per heavy atom. The Hall–Kier alpha value is -4.89. The van der Waals surface area contributed by atoms with E-state index in [1.54, 1.807) is 12.1 Å². The first-order valence-electron chi connectivity index (χ1n) is 33.2. The number of hydrogen-bond donors (Lipinski definition) is 18. The van der Waals surface area contributed by atoms with Crippen LogP contribution in [0.15, 0.2) is 36.4 Å². The van der Waals surface area contributed by atoms with Crippen LogP contribution in [-0.4, -0.2) is 327 Å². The topological polar surface area (TPSA) is 528 Å². The van der Waals surface area contributed by atoms with Gasteiger partial charge in [0.15, 0.2) is 37.7 Å². The SMILES string of the molecule is CCCCCC/C=C\CCCOc1cccc(C(=O)N[C@H]2C(O[C@H]3C(O)C(NC(C)=O)C(OC4C(CO)OC(O[C@H]5C(O)C(NC(C)=O)C(OC6C(CO[C@H]7OC(C)C(O)[C@@H](O)[C@@H]7OC)OC(O)[C@H](NC(C)=O)C6O)O[C@@H]5CO)C(NC(C)=O)[C@H]4O)O[C@@H]3CO)OC(CO)[C@H](O)[C@@H]2O)c1.